The number of benzene rings is 1. The molecule has 0 saturated carbocycles. The van der Waals surface area contributed by atoms with Gasteiger partial charge in [0.15, 0.2) is 0 Å². The normalized spacial score (nSPS) is 18.5. The maximum Gasteiger partial charge on any atom is 0.0595 e. The van der Waals surface area contributed by atoms with E-state index in [-0.39, 0.29) is 0 Å². The minimum atomic E-state index is 0.633. The van der Waals surface area contributed by atoms with Crippen molar-refractivity contribution in [2.24, 2.45) is 5.92 Å². The molecule has 2 rings (SSSR count). The van der Waals surface area contributed by atoms with Gasteiger partial charge in [-0.05, 0) is 49.5 Å². The summed E-state index contributed by atoms with van der Waals surface area (Å²) in [5, 5.41) is 2.42. The molecule has 1 saturated heterocycles. The highest BCUT2D eigenvalue weighted by molar-refractivity contribution is 9.09. The summed E-state index contributed by atoms with van der Waals surface area (Å²) in [6, 6.07) is 5.91. The number of nitrogens with zero attached hydrogens (tertiary/aromatic N) is 1. The van der Waals surface area contributed by atoms with Gasteiger partial charge < -0.3 is 0 Å². The van der Waals surface area contributed by atoms with Crippen LogP contribution in [0.4, 0.5) is 0 Å². The fourth-order valence-electron chi connectivity index (χ4n) is 2.20. The number of alkyl halides is 1. The molecule has 0 spiro atoms. The topological polar surface area (TPSA) is 3.24 Å². The van der Waals surface area contributed by atoms with E-state index in [0.29, 0.717) is 10.0 Å². The number of likely N-dealkylation sites (tertiary alicyclic amines) is 1. The van der Waals surface area contributed by atoms with Crippen molar-refractivity contribution < 1.29 is 0 Å². The van der Waals surface area contributed by atoms with Gasteiger partial charge in [0.05, 0.1) is 10.0 Å². The van der Waals surface area contributed by atoms with Crippen molar-refractivity contribution >= 4 is 39.1 Å². The Morgan fingerprint density at radius 3 is 2.47 bits per heavy atom. The van der Waals surface area contributed by atoms with E-state index in [4.69, 9.17) is 23.2 Å². The Hall–Kier alpha value is 0.240. The van der Waals surface area contributed by atoms with E-state index >= 15 is 0 Å². The van der Waals surface area contributed by atoms with Crippen molar-refractivity contribution in [3.8, 4) is 0 Å². The summed E-state index contributed by atoms with van der Waals surface area (Å²) in [5.41, 5.74) is 1.25. The van der Waals surface area contributed by atoms with Crippen LogP contribution in [0.15, 0.2) is 18.2 Å². The van der Waals surface area contributed by atoms with Crippen LogP contribution in [0.2, 0.25) is 10.0 Å². The van der Waals surface area contributed by atoms with Crippen LogP contribution in [0, 0.1) is 5.92 Å². The summed E-state index contributed by atoms with van der Waals surface area (Å²) in [7, 11) is 0. The average Bonchev–Trinajstić information content (AvgIpc) is 2.35. The number of hydrogen-bond donors (Lipinski definition) is 0. The number of halogens is 3. The second-order valence-corrected chi connectivity index (χ2v) is 6.08. The number of hydrogen-bond acceptors (Lipinski definition) is 1. The molecule has 1 aliphatic heterocycles. The Bertz CT molecular complexity index is 376. The van der Waals surface area contributed by atoms with E-state index in [2.05, 4.69) is 26.9 Å². The predicted octanol–water partition coefficient (Wildman–Crippen LogP) is 4.60. The number of rotatable bonds is 3. The van der Waals surface area contributed by atoms with E-state index in [0.717, 1.165) is 17.8 Å². The van der Waals surface area contributed by atoms with Gasteiger partial charge in [0.1, 0.15) is 0 Å². The van der Waals surface area contributed by atoms with Gasteiger partial charge in [0.2, 0.25) is 0 Å². The molecule has 0 bridgehead atoms. The molecule has 0 radical (unpaired) electrons. The third-order valence-electron chi connectivity index (χ3n) is 3.32. The Labute approximate surface area is 121 Å². The van der Waals surface area contributed by atoms with Crippen LogP contribution in [-0.4, -0.2) is 23.3 Å². The van der Waals surface area contributed by atoms with Crippen molar-refractivity contribution in [2.45, 2.75) is 19.4 Å². The summed E-state index contributed by atoms with van der Waals surface area (Å²) >= 11 is 15.5. The van der Waals surface area contributed by atoms with Crippen LogP contribution >= 0.6 is 39.1 Å². The maximum absolute atomic E-state index is 6.02. The first-order valence-corrected chi connectivity index (χ1v) is 7.79. The van der Waals surface area contributed by atoms with Gasteiger partial charge in [-0.1, -0.05) is 45.2 Å². The highest BCUT2D eigenvalue weighted by atomic mass is 79.9. The fourth-order valence-corrected chi connectivity index (χ4v) is 3.16. The molecular weight excluding hydrogens is 321 g/mol. The van der Waals surface area contributed by atoms with Gasteiger partial charge in [0, 0.05) is 11.9 Å². The van der Waals surface area contributed by atoms with Crippen LogP contribution in [0.3, 0.4) is 0 Å². The van der Waals surface area contributed by atoms with E-state index in [1.807, 2.05) is 12.1 Å². The smallest absolute Gasteiger partial charge is 0.0595 e. The summed E-state index contributed by atoms with van der Waals surface area (Å²) in [6.45, 7) is 3.33. The minimum absolute atomic E-state index is 0.633. The second-order valence-electron chi connectivity index (χ2n) is 4.62. The minimum Gasteiger partial charge on any atom is -0.299 e. The average molecular weight is 337 g/mol. The third kappa shape index (κ3) is 3.85. The lowest BCUT2D eigenvalue weighted by atomic mass is 9.99. The Morgan fingerprint density at radius 1 is 1.18 bits per heavy atom. The lowest BCUT2D eigenvalue weighted by molar-refractivity contribution is 0.187. The van der Waals surface area contributed by atoms with E-state index in [9.17, 15) is 0 Å². The highest BCUT2D eigenvalue weighted by Crippen LogP contribution is 2.25. The molecule has 1 aromatic carbocycles. The second kappa shape index (κ2) is 6.42. The van der Waals surface area contributed by atoms with Gasteiger partial charge in [-0.2, -0.15) is 0 Å². The van der Waals surface area contributed by atoms with Crippen LogP contribution in [0.1, 0.15) is 18.4 Å². The molecule has 0 unspecified atom stereocenters. The Balaban J connectivity index is 1.91. The number of piperidine rings is 1. The molecule has 17 heavy (non-hydrogen) atoms. The first kappa shape index (κ1) is 13.7. The van der Waals surface area contributed by atoms with Gasteiger partial charge in [-0.25, -0.2) is 0 Å². The van der Waals surface area contributed by atoms with Gasteiger partial charge in [-0.15, -0.1) is 0 Å². The van der Waals surface area contributed by atoms with Crippen molar-refractivity contribution in [2.75, 3.05) is 18.4 Å². The van der Waals surface area contributed by atoms with Crippen molar-refractivity contribution in [3.63, 3.8) is 0 Å². The molecule has 1 heterocycles. The Kier molecular flexibility index (Phi) is 5.16. The predicted molar refractivity (Wildman–Crippen MR) is 78.3 cm³/mol. The van der Waals surface area contributed by atoms with Crippen LogP contribution in [-0.2, 0) is 6.54 Å². The maximum atomic E-state index is 6.02. The molecule has 1 aromatic rings. The van der Waals surface area contributed by atoms with Crippen LogP contribution in [0.25, 0.3) is 0 Å². The molecule has 0 amide bonds. The van der Waals surface area contributed by atoms with E-state index in [1.165, 1.54) is 31.5 Å². The molecule has 94 valence electrons. The van der Waals surface area contributed by atoms with Gasteiger partial charge in [-0.3, -0.25) is 4.90 Å². The highest BCUT2D eigenvalue weighted by Gasteiger charge is 2.18. The molecule has 0 aromatic heterocycles. The first-order chi connectivity index (χ1) is 8.19. The first-order valence-electron chi connectivity index (χ1n) is 5.91. The molecule has 4 heteroatoms. The quantitative estimate of drug-likeness (QED) is 0.729. The Morgan fingerprint density at radius 2 is 1.88 bits per heavy atom. The molecule has 0 N–H and O–H groups in total. The zero-order valence-corrected chi connectivity index (χ0v) is 12.7. The van der Waals surface area contributed by atoms with Gasteiger partial charge >= 0.3 is 0 Å². The van der Waals surface area contributed by atoms with Crippen molar-refractivity contribution in [3.05, 3.63) is 33.8 Å². The zero-order chi connectivity index (χ0) is 12.3. The monoisotopic (exact) mass is 335 g/mol. The molecule has 0 aliphatic carbocycles. The molecule has 1 aliphatic rings. The van der Waals surface area contributed by atoms with Gasteiger partial charge in [0.25, 0.3) is 0 Å². The largest absolute Gasteiger partial charge is 0.299 e. The summed E-state index contributed by atoms with van der Waals surface area (Å²) in [4.78, 5) is 2.48. The molecule has 0 atom stereocenters. The third-order valence-corrected chi connectivity index (χ3v) is 4.97. The molecular formula is C13H16BrCl2N. The van der Waals surface area contributed by atoms with E-state index in [1.54, 1.807) is 0 Å². The van der Waals surface area contributed by atoms with Crippen molar-refractivity contribution in [1.82, 2.24) is 4.90 Å². The summed E-state index contributed by atoms with van der Waals surface area (Å²) in [6.07, 6.45) is 2.57. The van der Waals surface area contributed by atoms with Crippen LogP contribution < -0.4 is 0 Å². The van der Waals surface area contributed by atoms with Crippen molar-refractivity contribution in [1.29, 1.82) is 0 Å². The zero-order valence-electron chi connectivity index (χ0n) is 9.63. The van der Waals surface area contributed by atoms with E-state index < -0.39 is 0 Å². The molecule has 1 fully saturated rings. The summed E-state index contributed by atoms with van der Waals surface area (Å²) < 4.78 is 0. The lowest BCUT2D eigenvalue weighted by Gasteiger charge is -2.31. The summed E-state index contributed by atoms with van der Waals surface area (Å²) in [5.74, 6) is 0.847. The SMILES string of the molecule is Clc1ccc(CN2CCC(CBr)CC2)cc1Cl. The fraction of sp³-hybridized carbons (Fsp3) is 0.538. The van der Waals surface area contributed by atoms with Crippen LogP contribution in [0.5, 0.6) is 0 Å². The standard InChI is InChI=1S/C13H16BrCl2N/c14-8-10-3-5-17(6-4-10)9-11-1-2-12(15)13(16)7-11/h1-2,7,10H,3-6,8-9H2. The molecule has 1 nitrogen and oxygen atoms in total. The lowest BCUT2D eigenvalue weighted by Crippen LogP contribution is -2.33.